The average Bonchev–Trinajstić information content (AvgIpc) is 2.80. The summed E-state index contributed by atoms with van der Waals surface area (Å²) >= 11 is 0. The maximum Gasteiger partial charge on any atom is 0.280 e. The van der Waals surface area contributed by atoms with Gasteiger partial charge in [0.1, 0.15) is 11.4 Å². The predicted octanol–water partition coefficient (Wildman–Crippen LogP) is 4.24. The quantitative estimate of drug-likeness (QED) is 0.547. The molecular formula is C24H20N4O2. The molecule has 1 N–H and O–H groups in total. The zero-order valence-corrected chi connectivity index (χ0v) is 16.4. The molecule has 1 amide bonds. The molecule has 0 saturated carbocycles. The Hall–Kier alpha value is -4.06. The van der Waals surface area contributed by atoms with E-state index >= 15 is 0 Å². The van der Waals surface area contributed by atoms with Crippen LogP contribution in [0, 0.1) is 0 Å². The van der Waals surface area contributed by atoms with Gasteiger partial charge in [-0.25, -0.2) is 9.67 Å². The van der Waals surface area contributed by atoms with Crippen molar-refractivity contribution in [3.63, 3.8) is 0 Å². The van der Waals surface area contributed by atoms with Gasteiger partial charge in [0.25, 0.3) is 11.5 Å². The molecule has 2 aromatic carbocycles. The first-order valence-electron chi connectivity index (χ1n) is 9.67. The summed E-state index contributed by atoms with van der Waals surface area (Å²) in [6.07, 6.45) is 1.58. The minimum absolute atomic E-state index is 0.0440. The van der Waals surface area contributed by atoms with Gasteiger partial charge < -0.3 is 5.32 Å². The van der Waals surface area contributed by atoms with Crippen molar-refractivity contribution in [1.29, 1.82) is 0 Å². The number of carbonyl (C=O) groups excluding carboxylic acids is 1. The molecule has 0 bridgehead atoms. The van der Waals surface area contributed by atoms with Crippen LogP contribution in [-0.4, -0.2) is 20.7 Å². The summed E-state index contributed by atoms with van der Waals surface area (Å²) in [7, 11) is 0. The van der Waals surface area contributed by atoms with E-state index < -0.39 is 11.5 Å². The highest BCUT2D eigenvalue weighted by atomic mass is 16.2. The Morgan fingerprint density at radius 3 is 2.13 bits per heavy atom. The van der Waals surface area contributed by atoms with Crippen LogP contribution in [0.15, 0.2) is 89.9 Å². The molecule has 4 rings (SSSR count). The van der Waals surface area contributed by atoms with E-state index in [4.69, 9.17) is 0 Å². The van der Waals surface area contributed by atoms with Crippen LogP contribution in [0.5, 0.6) is 0 Å². The van der Waals surface area contributed by atoms with Crippen LogP contribution in [0.2, 0.25) is 0 Å². The molecule has 6 nitrogen and oxygen atoms in total. The van der Waals surface area contributed by atoms with E-state index in [9.17, 15) is 9.59 Å². The number of nitrogens with one attached hydrogen (secondary N) is 1. The summed E-state index contributed by atoms with van der Waals surface area (Å²) in [4.78, 5) is 30.7. The third-order valence-electron chi connectivity index (χ3n) is 4.70. The monoisotopic (exact) mass is 396 g/mol. The smallest absolute Gasteiger partial charge is 0.280 e. The third kappa shape index (κ3) is 3.75. The Labute approximate surface area is 173 Å². The Kier molecular flexibility index (Phi) is 5.48. The van der Waals surface area contributed by atoms with Crippen LogP contribution in [-0.2, 0) is 6.54 Å². The molecule has 6 heteroatoms. The molecular weight excluding hydrogens is 376 g/mol. The molecule has 30 heavy (non-hydrogen) atoms. The van der Waals surface area contributed by atoms with Gasteiger partial charge in [0.2, 0.25) is 0 Å². The molecule has 0 unspecified atom stereocenters. The van der Waals surface area contributed by atoms with Crippen LogP contribution in [0.4, 0.5) is 5.82 Å². The lowest BCUT2D eigenvalue weighted by Crippen LogP contribution is -2.32. The Morgan fingerprint density at radius 1 is 0.900 bits per heavy atom. The Morgan fingerprint density at radius 2 is 1.53 bits per heavy atom. The zero-order valence-electron chi connectivity index (χ0n) is 16.4. The van der Waals surface area contributed by atoms with Gasteiger partial charge in [-0.2, -0.15) is 5.10 Å². The summed E-state index contributed by atoms with van der Waals surface area (Å²) in [5.41, 5.74) is 2.26. The predicted molar refractivity (Wildman–Crippen MR) is 117 cm³/mol. The Bertz CT molecular complexity index is 1220. The van der Waals surface area contributed by atoms with Gasteiger partial charge in [-0.05, 0) is 24.6 Å². The van der Waals surface area contributed by atoms with Gasteiger partial charge in [0.05, 0.1) is 5.69 Å². The van der Waals surface area contributed by atoms with E-state index in [1.807, 2.05) is 67.6 Å². The lowest BCUT2D eigenvalue weighted by molar-refractivity contribution is 0.102. The molecule has 0 aliphatic rings. The normalized spacial score (nSPS) is 10.6. The van der Waals surface area contributed by atoms with Crippen molar-refractivity contribution in [3.8, 4) is 22.4 Å². The molecule has 4 aromatic rings. The molecule has 0 fully saturated rings. The van der Waals surface area contributed by atoms with Crippen LogP contribution < -0.4 is 10.9 Å². The van der Waals surface area contributed by atoms with E-state index in [2.05, 4.69) is 15.4 Å². The van der Waals surface area contributed by atoms with Crippen molar-refractivity contribution in [2.75, 3.05) is 5.32 Å². The topological polar surface area (TPSA) is 76.9 Å². The molecule has 0 aliphatic heterocycles. The van der Waals surface area contributed by atoms with Crippen molar-refractivity contribution >= 4 is 11.7 Å². The number of hydrogen-bond acceptors (Lipinski definition) is 4. The van der Waals surface area contributed by atoms with Crippen molar-refractivity contribution in [2.45, 2.75) is 13.5 Å². The average molecular weight is 396 g/mol. The van der Waals surface area contributed by atoms with Crippen LogP contribution >= 0.6 is 0 Å². The van der Waals surface area contributed by atoms with Crippen LogP contribution in [0.1, 0.15) is 17.3 Å². The van der Waals surface area contributed by atoms with Gasteiger partial charge in [0, 0.05) is 23.9 Å². The number of hydrogen-bond donors (Lipinski definition) is 1. The maximum atomic E-state index is 13.3. The summed E-state index contributed by atoms with van der Waals surface area (Å²) in [5, 5.41) is 7.34. The number of amides is 1. The highest BCUT2D eigenvalue weighted by Crippen LogP contribution is 2.32. The van der Waals surface area contributed by atoms with Crippen molar-refractivity contribution in [2.24, 2.45) is 0 Å². The lowest BCUT2D eigenvalue weighted by atomic mass is 9.95. The van der Waals surface area contributed by atoms with Crippen LogP contribution in [0.25, 0.3) is 22.4 Å². The second-order valence-electron chi connectivity index (χ2n) is 6.62. The number of carbonyl (C=O) groups is 1. The first-order valence-corrected chi connectivity index (χ1v) is 9.67. The van der Waals surface area contributed by atoms with Crippen molar-refractivity contribution in [1.82, 2.24) is 14.8 Å². The highest BCUT2D eigenvalue weighted by Gasteiger charge is 2.25. The molecule has 2 aromatic heterocycles. The second-order valence-corrected chi connectivity index (χ2v) is 6.62. The largest absolute Gasteiger partial charge is 0.306 e. The highest BCUT2D eigenvalue weighted by molar-refractivity contribution is 6.10. The number of nitrogens with zero attached hydrogens (tertiary/aromatic N) is 3. The number of benzene rings is 2. The Balaban J connectivity index is 2.00. The molecule has 0 radical (unpaired) electrons. The fourth-order valence-electron chi connectivity index (χ4n) is 3.29. The zero-order chi connectivity index (χ0) is 20.9. The standard InChI is InChI=1S/C24H20N4O2/c1-2-28-24(30)21(23(29)26-19-15-9-10-16-25-19)20(17-11-5-3-6-12-17)22(27-28)18-13-7-4-8-14-18/h3-16H,2H2,1H3,(H,25,26,29). The summed E-state index contributed by atoms with van der Waals surface area (Å²) in [5.74, 6) is -0.138. The number of anilines is 1. The summed E-state index contributed by atoms with van der Waals surface area (Å²) in [6, 6.07) is 24.1. The van der Waals surface area contributed by atoms with Gasteiger partial charge >= 0.3 is 0 Å². The van der Waals surface area contributed by atoms with Gasteiger partial charge in [-0.1, -0.05) is 66.7 Å². The molecule has 0 atom stereocenters. The minimum atomic E-state index is -0.515. The van der Waals surface area contributed by atoms with E-state index in [0.29, 0.717) is 23.6 Å². The number of rotatable bonds is 5. The second kappa shape index (κ2) is 8.53. The van der Waals surface area contributed by atoms with Gasteiger partial charge in [0.15, 0.2) is 0 Å². The lowest BCUT2D eigenvalue weighted by Gasteiger charge is -2.16. The van der Waals surface area contributed by atoms with E-state index in [1.54, 1.807) is 24.4 Å². The number of aryl methyl sites for hydroxylation is 1. The molecule has 0 spiro atoms. The third-order valence-corrected chi connectivity index (χ3v) is 4.70. The molecule has 148 valence electrons. The molecule has 2 heterocycles. The van der Waals surface area contributed by atoms with E-state index in [1.165, 1.54) is 4.68 Å². The first kappa shape index (κ1) is 19.3. The SMILES string of the molecule is CCn1nc(-c2ccccc2)c(-c2ccccc2)c(C(=O)Nc2ccccn2)c1=O. The van der Waals surface area contributed by atoms with Gasteiger partial charge in [-0.3, -0.25) is 9.59 Å². The van der Waals surface area contributed by atoms with Crippen LogP contribution in [0.3, 0.4) is 0 Å². The molecule has 0 saturated heterocycles. The molecule has 0 aliphatic carbocycles. The fraction of sp³-hybridized carbons (Fsp3) is 0.0833. The summed E-state index contributed by atoms with van der Waals surface area (Å²) in [6.45, 7) is 2.17. The number of pyridine rings is 1. The van der Waals surface area contributed by atoms with Crippen molar-refractivity contribution < 1.29 is 4.79 Å². The first-order chi connectivity index (χ1) is 14.7. The maximum absolute atomic E-state index is 13.3. The van der Waals surface area contributed by atoms with Crippen molar-refractivity contribution in [3.05, 3.63) is 101 Å². The fourth-order valence-corrected chi connectivity index (χ4v) is 3.29. The van der Waals surface area contributed by atoms with Gasteiger partial charge in [-0.15, -0.1) is 0 Å². The minimum Gasteiger partial charge on any atom is -0.306 e. The summed E-state index contributed by atoms with van der Waals surface area (Å²) < 4.78 is 1.32. The van der Waals surface area contributed by atoms with E-state index in [0.717, 1.165) is 11.1 Å². The number of aromatic nitrogens is 3. The van der Waals surface area contributed by atoms with E-state index in [-0.39, 0.29) is 5.56 Å².